The Labute approximate surface area is 131 Å². The summed E-state index contributed by atoms with van der Waals surface area (Å²) in [5.41, 5.74) is -0.106. The van der Waals surface area contributed by atoms with Crippen molar-refractivity contribution < 1.29 is 8.78 Å². The van der Waals surface area contributed by atoms with Gasteiger partial charge in [0, 0.05) is 37.3 Å². The van der Waals surface area contributed by atoms with Gasteiger partial charge in [-0.05, 0) is 18.9 Å². The molecule has 1 aromatic carbocycles. The van der Waals surface area contributed by atoms with Gasteiger partial charge in [-0.2, -0.15) is 4.98 Å². The number of hydrogen-bond donors (Lipinski definition) is 1. The third kappa shape index (κ3) is 2.36. The molecular formula is C16H16F2N4O. The molecule has 0 spiro atoms. The van der Waals surface area contributed by atoms with Gasteiger partial charge in [-0.1, -0.05) is 12.1 Å². The Hall–Kier alpha value is -2.44. The molecule has 0 amide bonds. The van der Waals surface area contributed by atoms with Crippen molar-refractivity contribution in [3.63, 3.8) is 0 Å². The second kappa shape index (κ2) is 5.33. The van der Waals surface area contributed by atoms with Crippen molar-refractivity contribution >= 4 is 11.6 Å². The number of nitrogens with zero attached hydrogens (tertiary/aromatic N) is 3. The van der Waals surface area contributed by atoms with Crippen molar-refractivity contribution in [2.45, 2.75) is 32.0 Å². The molecule has 5 nitrogen and oxygen atoms in total. The first kappa shape index (κ1) is 14.2. The van der Waals surface area contributed by atoms with Crippen LogP contribution >= 0.6 is 0 Å². The smallest absolute Gasteiger partial charge is 0.351 e. The molecule has 7 heteroatoms. The highest BCUT2D eigenvalue weighted by Gasteiger charge is 2.34. The summed E-state index contributed by atoms with van der Waals surface area (Å²) in [5, 5.41) is 2.92. The molecule has 1 N–H and O–H groups in total. The first-order valence-corrected chi connectivity index (χ1v) is 7.69. The van der Waals surface area contributed by atoms with Crippen LogP contribution in [-0.2, 0) is 13.1 Å². The van der Waals surface area contributed by atoms with Crippen LogP contribution in [0.4, 0.5) is 20.4 Å². The maximum Gasteiger partial charge on any atom is 0.351 e. The van der Waals surface area contributed by atoms with E-state index in [1.165, 1.54) is 12.1 Å². The number of halogens is 2. The quantitative estimate of drug-likeness (QED) is 0.942. The molecule has 1 saturated heterocycles. The molecular weight excluding hydrogens is 302 g/mol. The van der Waals surface area contributed by atoms with E-state index in [1.54, 1.807) is 4.57 Å². The summed E-state index contributed by atoms with van der Waals surface area (Å²) in [6, 6.07) is 6.22. The first-order chi connectivity index (χ1) is 11.1. The van der Waals surface area contributed by atoms with Crippen molar-refractivity contribution in [2.24, 2.45) is 0 Å². The van der Waals surface area contributed by atoms with E-state index >= 15 is 0 Å². The average Bonchev–Trinajstić information content (AvgIpc) is 3.11. The van der Waals surface area contributed by atoms with E-state index in [2.05, 4.69) is 15.2 Å². The Balaban J connectivity index is 1.59. The van der Waals surface area contributed by atoms with Gasteiger partial charge in [0.1, 0.15) is 11.6 Å². The van der Waals surface area contributed by atoms with E-state index in [0.717, 1.165) is 31.3 Å². The van der Waals surface area contributed by atoms with E-state index in [-0.39, 0.29) is 17.8 Å². The van der Waals surface area contributed by atoms with Crippen LogP contribution in [-0.4, -0.2) is 22.1 Å². The highest BCUT2D eigenvalue weighted by atomic mass is 19.2. The van der Waals surface area contributed by atoms with Crippen molar-refractivity contribution in [3.05, 3.63) is 51.9 Å². The lowest BCUT2D eigenvalue weighted by molar-refractivity contribution is 0.500. The van der Waals surface area contributed by atoms with Gasteiger partial charge in [-0.15, -0.1) is 0 Å². The highest BCUT2D eigenvalue weighted by Crippen LogP contribution is 2.32. The van der Waals surface area contributed by atoms with Gasteiger partial charge in [0.15, 0.2) is 11.6 Å². The second-order valence-electron chi connectivity index (χ2n) is 5.95. The summed E-state index contributed by atoms with van der Waals surface area (Å²) >= 11 is 0. The number of hydrogen-bond acceptors (Lipinski definition) is 4. The van der Waals surface area contributed by atoms with Crippen LogP contribution < -0.4 is 15.9 Å². The largest absolute Gasteiger partial charge is 0.366 e. The molecule has 0 aliphatic carbocycles. The molecule has 0 saturated carbocycles. The van der Waals surface area contributed by atoms with Crippen molar-refractivity contribution in [1.29, 1.82) is 0 Å². The first-order valence-electron chi connectivity index (χ1n) is 7.69. The summed E-state index contributed by atoms with van der Waals surface area (Å²) in [6.07, 6.45) is 2.21. The molecule has 2 aliphatic heterocycles. The van der Waals surface area contributed by atoms with Crippen molar-refractivity contribution in [3.8, 4) is 0 Å². The third-order valence-electron chi connectivity index (χ3n) is 4.55. The number of aromatic nitrogens is 2. The molecule has 1 aromatic heterocycles. The molecule has 4 rings (SSSR count). The van der Waals surface area contributed by atoms with Crippen LogP contribution in [0.25, 0.3) is 0 Å². The van der Waals surface area contributed by atoms with Crippen LogP contribution in [0.2, 0.25) is 0 Å². The fourth-order valence-corrected chi connectivity index (χ4v) is 3.40. The average molecular weight is 318 g/mol. The van der Waals surface area contributed by atoms with Crippen molar-refractivity contribution in [1.82, 2.24) is 9.55 Å². The topological polar surface area (TPSA) is 50.2 Å². The van der Waals surface area contributed by atoms with Crippen LogP contribution in [0.3, 0.4) is 0 Å². The molecule has 2 aliphatic rings. The Morgan fingerprint density at radius 3 is 3.09 bits per heavy atom. The zero-order chi connectivity index (χ0) is 16.0. The Kier molecular flexibility index (Phi) is 3.28. The van der Waals surface area contributed by atoms with Gasteiger partial charge in [0.25, 0.3) is 0 Å². The minimum absolute atomic E-state index is 0.0723. The number of fused-ring (bicyclic) bond motifs is 3. The van der Waals surface area contributed by atoms with Gasteiger partial charge in [-0.25, -0.2) is 13.6 Å². The predicted octanol–water partition coefficient (Wildman–Crippen LogP) is 2.12. The SMILES string of the molecule is O=c1nc(NCc2cccc(F)c2F)cc2n1C[C@H]1CCCN21. The summed E-state index contributed by atoms with van der Waals surface area (Å²) in [7, 11) is 0. The van der Waals surface area contributed by atoms with Crippen LogP contribution in [0, 0.1) is 11.6 Å². The third-order valence-corrected chi connectivity index (χ3v) is 4.55. The summed E-state index contributed by atoms with van der Waals surface area (Å²) in [4.78, 5) is 18.4. The zero-order valence-electron chi connectivity index (χ0n) is 12.4. The maximum absolute atomic E-state index is 13.7. The Morgan fingerprint density at radius 2 is 2.22 bits per heavy atom. The van der Waals surface area contributed by atoms with Crippen LogP contribution in [0.5, 0.6) is 0 Å². The lowest BCUT2D eigenvalue weighted by Crippen LogP contribution is -2.24. The number of benzene rings is 1. The zero-order valence-corrected chi connectivity index (χ0v) is 12.4. The number of nitrogens with one attached hydrogen (secondary N) is 1. The highest BCUT2D eigenvalue weighted by molar-refractivity contribution is 5.53. The molecule has 3 heterocycles. The standard InChI is InChI=1S/C16H16F2N4O/c17-12-5-1-3-10(15(12)18)8-19-13-7-14-21-6-2-4-11(21)9-22(14)16(23)20-13/h1,3,5,7,11H,2,4,6,8-9H2,(H,19,20,23)/t11-/m1/s1. The van der Waals surface area contributed by atoms with E-state index in [0.29, 0.717) is 18.4 Å². The number of anilines is 2. The predicted molar refractivity (Wildman–Crippen MR) is 82.5 cm³/mol. The lowest BCUT2D eigenvalue weighted by atomic mass is 10.2. The van der Waals surface area contributed by atoms with Gasteiger partial charge < -0.3 is 10.2 Å². The molecule has 0 unspecified atom stereocenters. The maximum atomic E-state index is 13.7. The summed E-state index contributed by atoms with van der Waals surface area (Å²) < 4.78 is 28.6. The molecule has 2 aromatic rings. The molecule has 23 heavy (non-hydrogen) atoms. The van der Waals surface area contributed by atoms with Gasteiger partial charge >= 0.3 is 5.69 Å². The van der Waals surface area contributed by atoms with Gasteiger partial charge in [0.2, 0.25) is 0 Å². The van der Waals surface area contributed by atoms with Gasteiger partial charge in [0.05, 0.1) is 0 Å². The van der Waals surface area contributed by atoms with E-state index < -0.39 is 11.6 Å². The molecule has 0 bridgehead atoms. The minimum Gasteiger partial charge on any atom is -0.366 e. The second-order valence-corrected chi connectivity index (χ2v) is 5.95. The van der Waals surface area contributed by atoms with Crippen LogP contribution in [0.1, 0.15) is 18.4 Å². The van der Waals surface area contributed by atoms with E-state index in [1.807, 2.05) is 6.07 Å². The number of rotatable bonds is 3. The fraction of sp³-hybridized carbons (Fsp3) is 0.375. The summed E-state index contributed by atoms with van der Waals surface area (Å²) in [6.45, 7) is 1.69. The van der Waals surface area contributed by atoms with E-state index in [9.17, 15) is 13.6 Å². The molecule has 120 valence electrons. The van der Waals surface area contributed by atoms with Crippen molar-refractivity contribution in [2.75, 3.05) is 16.8 Å². The normalized spacial score (nSPS) is 18.9. The minimum atomic E-state index is -0.883. The molecule has 0 radical (unpaired) electrons. The monoisotopic (exact) mass is 318 g/mol. The summed E-state index contributed by atoms with van der Waals surface area (Å²) in [5.74, 6) is -0.518. The fourth-order valence-electron chi connectivity index (χ4n) is 3.40. The molecule has 1 atom stereocenters. The van der Waals surface area contributed by atoms with Crippen LogP contribution in [0.15, 0.2) is 29.1 Å². The Morgan fingerprint density at radius 1 is 1.35 bits per heavy atom. The Bertz CT molecular complexity index is 820. The van der Waals surface area contributed by atoms with Gasteiger partial charge in [-0.3, -0.25) is 4.57 Å². The van der Waals surface area contributed by atoms with E-state index in [4.69, 9.17) is 0 Å². The lowest BCUT2D eigenvalue weighted by Gasteiger charge is -2.17. The molecule has 1 fully saturated rings.